The van der Waals surface area contributed by atoms with Crippen LogP contribution in [-0.2, 0) is 16.1 Å². The van der Waals surface area contributed by atoms with E-state index in [2.05, 4.69) is 0 Å². The summed E-state index contributed by atoms with van der Waals surface area (Å²) < 4.78 is 11.1. The van der Waals surface area contributed by atoms with Crippen LogP contribution in [0.15, 0.2) is 24.3 Å². The molecule has 1 aromatic carbocycles. The lowest BCUT2D eigenvalue weighted by molar-refractivity contribution is -0.131. The number of hydrogen-bond acceptors (Lipinski definition) is 3. The van der Waals surface area contributed by atoms with Crippen molar-refractivity contribution >= 4 is 5.91 Å². The fourth-order valence-electron chi connectivity index (χ4n) is 3.35. The summed E-state index contributed by atoms with van der Waals surface area (Å²) in [5.41, 5.74) is 1.12. The predicted molar refractivity (Wildman–Crippen MR) is 80.2 cm³/mol. The van der Waals surface area contributed by atoms with Crippen LogP contribution >= 0.6 is 0 Å². The molecule has 4 nitrogen and oxygen atoms in total. The summed E-state index contributed by atoms with van der Waals surface area (Å²) >= 11 is 0. The third-order valence-corrected chi connectivity index (χ3v) is 4.70. The second-order valence-electron chi connectivity index (χ2n) is 6.05. The maximum absolute atomic E-state index is 12.3. The maximum atomic E-state index is 12.3. The number of likely N-dealkylation sites (tertiary alicyclic amines) is 1. The van der Waals surface area contributed by atoms with Gasteiger partial charge in [-0.15, -0.1) is 0 Å². The molecule has 1 amide bonds. The molecule has 2 saturated heterocycles. The topological polar surface area (TPSA) is 38.8 Å². The van der Waals surface area contributed by atoms with Gasteiger partial charge in [-0.1, -0.05) is 12.1 Å². The quantitative estimate of drug-likeness (QED) is 0.859. The molecule has 3 rings (SSSR count). The van der Waals surface area contributed by atoms with Gasteiger partial charge >= 0.3 is 0 Å². The molecule has 0 radical (unpaired) electrons. The number of benzene rings is 1. The lowest BCUT2D eigenvalue weighted by Crippen LogP contribution is -2.32. The first-order valence-electron chi connectivity index (χ1n) is 7.75. The highest BCUT2D eigenvalue weighted by Crippen LogP contribution is 2.36. The van der Waals surface area contributed by atoms with Gasteiger partial charge in [-0.05, 0) is 43.4 Å². The Labute approximate surface area is 126 Å². The first kappa shape index (κ1) is 14.4. The molecule has 1 spiro atoms. The van der Waals surface area contributed by atoms with Crippen LogP contribution in [-0.4, -0.2) is 36.7 Å². The van der Waals surface area contributed by atoms with Crippen molar-refractivity contribution in [2.75, 3.05) is 20.3 Å². The number of methoxy groups -OCH3 is 1. The molecular weight excluding hydrogens is 266 g/mol. The molecule has 4 heteroatoms. The van der Waals surface area contributed by atoms with Gasteiger partial charge in [0.15, 0.2) is 0 Å². The molecule has 2 aliphatic rings. The van der Waals surface area contributed by atoms with Gasteiger partial charge < -0.3 is 14.4 Å². The molecule has 2 heterocycles. The molecule has 1 atom stereocenters. The van der Waals surface area contributed by atoms with Crippen molar-refractivity contribution in [3.8, 4) is 5.75 Å². The number of nitrogens with zero attached hydrogens (tertiary/aromatic N) is 1. The van der Waals surface area contributed by atoms with E-state index in [1.807, 2.05) is 29.2 Å². The lowest BCUT2D eigenvalue weighted by Gasteiger charge is -2.26. The summed E-state index contributed by atoms with van der Waals surface area (Å²) in [6.45, 7) is 2.33. The van der Waals surface area contributed by atoms with E-state index >= 15 is 0 Å². The van der Waals surface area contributed by atoms with Gasteiger partial charge in [-0.25, -0.2) is 0 Å². The van der Waals surface area contributed by atoms with Crippen molar-refractivity contribution in [1.82, 2.24) is 4.90 Å². The molecule has 0 bridgehead atoms. The highest BCUT2D eigenvalue weighted by Gasteiger charge is 2.38. The zero-order valence-corrected chi connectivity index (χ0v) is 12.6. The number of carbonyl (C=O) groups excluding carboxylic acids is 1. The second-order valence-corrected chi connectivity index (χ2v) is 6.05. The highest BCUT2D eigenvalue weighted by atomic mass is 16.5. The van der Waals surface area contributed by atoms with Gasteiger partial charge in [0, 0.05) is 26.1 Å². The SMILES string of the molecule is COc1ccc(CN2CC[C@]3(CCCO3)CCC2=O)cc1. The van der Waals surface area contributed by atoms with Crippen molar-refractivity contribution in [1.29, 1.82) is 0 Å². The van der Waals surface area contributed by atoms with Crippen LogP contribution in [0.4, 0.5) is 0 Å². The summed E-state index contributed by atoms with van der Waals surface area (Å²) in [5.74, 6) is 1.09. The second kappa shape index (κ2) is 6.06. The number of carbonyl (C=O) groups is 1. The molecule has 0 aliphatic carbocycles. The monoisotopic (exact) mass is 289 g/mol. The first-order chi connectivity index (χ1) is 10.2. The van der Waals surface area contributed by atoms with E-state index in [0.717, 1.165) is 50.1 Å². The van der Waals surface area contributed by atoms with Crippen LogP contribution in [0.2, 0.25) is 0 Å². The van der Waals surface area contributed by atoms with Gasteiger partial charge in [0.25, 0.3) is 0 Å². The Balaban J connectivity index is 1.65. The normalized spacial score (nSPS) is 26.1. The highest BCUT2D eigenvalue weighted by molar-refractivity contribution is 5.76. The summed E-state index contributed by atoms with van der Waals surface area (Å²) in [4.78, 5) is 14.3. The summed E-state index contributed by atoms with van der Waals surface area (Å²) in [6, 6.07) is 7.94. The van der Waals surface area contributed by atoms with Crippen molar-refractivity contribution in [3.63, 3.8) is 0 Å². The molecule has 0 saturated carbocycles. The Kier molecular flexibility index (Phi) is 4.15. The van der Waals surface area contributed by atoms with Crippen molar-refractivity contribution in [2.45, 2.75) is 44.2 Å². The van der Waals surface area contributed by atoms with Crippen molar-refractivity contribution in [2.24, 2.45) is 0 Å². The van der Waals surface area contributed by atoms with Crippen molar-refractivity contribution < 1.29 is 14.3 Å². The molecule has 2 fully saturated rings. The van der Waals surface area contributed by atoms with E-state index < -0.39 is 0 Å². The van der Waals surface area contributed by atoms with E-state index in [1.54, 1.807) is 7.11 Å². The van der Waals surface area contributed by atoms with Crippen LogP contribution in [0.25, 0.3) is 0 Å². The number of ether oxygens (including phenoxy) is 2. The van der Waals surface area contributed by atoms with Crippen LogP contribution in [0.1, 0.15) is 37.7 Å². The molecule has 0 N–H and O–H groups in total. The zero-order chi connectivity index (χ0) is 14.7. The predicted octanol–water partition coefficient (Wildman–Crippen LogP) is 2.76. The van der Waals surface area contributed by atoms with Crippen LogP contribution in [0.3, 0.4) is 0 Å². The Morgan fingerprint density at radius 3 is 2.71 bits per heavy atom. The molecular formula is C17H23NO3. The molecule has 1 aromatic rings. The fourth-order valence-corrected chi connectivity index (χ4v) is 3.35. The first-order valence-corrected chi connectivity index (χ1v) is 7.75. The van der Waals surface area contributed by atoms with Crippen LogP contribution in [0.5, 0.6) is 5.75 Å². The minimum atomic E-state index is -0.0235. The maximum Gasteiger partial charge on any atom is 0.222 e. The molecule has 0 unspecified atom stereocenters. The molecule has 21 heavy (non-hydrogen) atoms. The lowest BCUT2D eigenvalue weighted by atomic mass is 9.92. The molecule has 2 aliphatic heterocycles. The summed E-state index contributed by atoms with van der Waals surface area (Å²) in [5, 5.41) is 0. The van der Waals surface area contributed by atoms with Crippen molar-refractivity contribution in [3.05, 3.63) is 29.8 Å². The Morgan fingerprint density at radius 2 is 2.05 bits per heavy atom. The molecule has 114 valence electrons. The van der Waals surface area contributed by atoms with Gasteiger partial charge in [0.1, 0.15) is 5.75 Å². The fraction of sp³-hybridized carbons (Fsp3) is 0.588. The van der Waals surface area contributed by atoms with E-state index in [0.29, 0.717) is 13.0 Å². The number of rotatable bonds is 3. The Bertz CT molecular complexity index is 491. The van der Waals surface area contributed by atoms with Gasteiger partial charge in [-0.3, -0.25) is 4.79 Å². The van der Waals surface area contributed by atoms with E-state index in [-0.39, 0.29) is 11.5 Å². The Morgan fingerprint density at radius 1 is 1.24 bits per heavy atom. The zero-order valence-electron chi connectivity index (χ0n) is 12.6. The van der Waals surface area contributed by atoms with Crippen LogP contribution < -0.4 is 4.74 Å². The summed E-state index contributed by atoms with van der Waals surface area (Å²) in [6.07, 6.45) is 4.69. The van der Waals surface area contributed by atoms with E-state index in [1.165, 1.54) is 0 Å². The largest absolute Gasteiger partial charge is 0.497 e. The van der Waals surface area contributed by atoms with Gasteiger partial charge in [-0.2, -0.15) is 0 Å². The average molecular weight is 289 g/mol. The van der Waals surface area contributed by atoms with Gasteiger partial charge in [0.05, 0.1) is 12.7 Å². The molecule has 0 aromatic heterocycles. The van der Waals surface area contributed by atoms with E-state index in [4.69, 9.17) is 9.47 Å². The average Bonchev–Trinajstić information content (AvgIpc) is 2.93. The Hall–Kier alpha value is -1.55. The van der Waals surface area contributed by atoms with E-state index in [9.17, 15) is 4.79 Å². The van der Waals surface area contributed by atoms with Gasteiger partial charge in [0.2, 0.25) is 5.91 Å². The van der Waals surface area contributed by atoms with Crippen LogP contribution in [0, 0.1) is 0 Å². The number of amides is 1. The minimum absolute atomic E-state index is 0.0235. The third-order valence-electron chi connectivity index (χ3n) is 4.70. The smallest absolute Gasteiger partial charge is 0.222 e. The third kappa shape index (κ3) is 3.21. The number of hydrogen-bond donors (Lipinski definition) is 0. The standard InChI is InChI=1S/C17H23NO3/c1-20-15-5-3-14(4-6-15)13-18-11-10-17(8-2-12-21-17)9-7-16(18)19/h3-6H,2,7-13H2,1H3/t17-/m0/s1. The summed E-state index contributed by atoms with van der Waals surface area (Å²) in [7, 11) is 1.66. The minimum Gasteiger partial charge on any atom is -0.497 e.